The number of furan rings is 1. The van der Waals surface area contributed by atoms with Gasteiger partial charge in [-0.2, -0.15) is 0 Å². The fraction of sp³-hybridized carbons (Fsp3) is 0.118. The third-order valence-corrected chi connectivity index (χ3v) is 4.58. The van der Waals surface area contributed by atoms with Gasteiger partial charge >= 0.3 is 0 Å². The van der Waals surface area contributed by atoms with Crippen molar-refractivity contribution in [2.24, 2.45) is 0 Å². The summed E-state index contributed by atoms with van der Waals surface area (Å²) in [7, 11) is 0. The van der Waals surface area contributed by atoms with Gasteiger partial charge in [0.25, 0.3) is 0 Å². The quantitative estimate of drug-likeness (QED) is 0.588. The molecule has 3 aromatic rings. The number of thioether (sulfide) groups is 1. The van der Waals surface area contributed by atoms with Crippen LogP contribution in [0.3, 0.4) is 0 Å². The van der Waals surface area contributed by atoms with Crippen molar-refractivity contribution < 1.29 is 9.21 Å². The Morgan fingerprint density at radius 1 is 1.19 bits per heavy atom. The Hall–Kier alpha value is -1.52. The van der Waals surface area contributed by atoms with E-state index in [1.807, 2.05) is 49.4 Å². The maximum atomic E-state index is 12.2. The van der Waals surface area contributed by atoms with E-state index in [-0.39, 0.29) is 5.12 Å². The van der Waals surface area contributed by atoms with Crippen LogP contribution in [0.2, 0.25) is 0 Å². The summed E-state index contributed by atoms with van der Waals surface area (Å²) in [5, 5.41) is 1.10. The van der Waals surface area contributed by atoms with Gasteiger partial charge in [0, 0.05) is 26.7 Å². The van der Waals surface area contributed by atoms with Gasteiger partial charge in [-0.25, -0.2) is 0 Å². The molecule has 2 aromatic carbocycles. The SMILES string of the molecule is Cc1ccc(SC(=O)Cc2coc3ccc(Br)cc23)cc1. The van der Waals surface area contributed by atoms with Crippen LogP contribution in [0.15, 0.2) is 62.5 Å². The minimum Gasteiger partial charge on any atom is -0.464 e. The maximum absolute atomic E-state index is 12.2. The highest BCUT2D eigenvalue weighted by atomic mass is 79.9. The first-order valence-electron chi connectivity index (χ1n) is 6.55. The fourth-order valence-electron chi connectivity index (χ4n) is 2.12. The molecule has 0 atom stereocenters. The van der Waals surface area contributed by atoms with Crippen molar-refractivity contribution in [1.82, 2.24) is 0 Å². The van der Waals surface area contributed by atoms with Gasteiger partial charge in [0.1, 0.15) is 5.58 Å². The van der Waals surface area contributed by atoms with E-state index in [2.05, 4.69) is 15.9 Å². The number of rotatable bonds is 3. The van der Waals surface area contributed by atoms with E-state index in [0.717, 1.165) is 25.9 Å². The minimum atomic E-state index is 0.113. The maximum Gasteiger partial charge on any atom is 0.198 e. The molecule has 0 amide bonds. The second-order valence-corrected chi connectivity index (χ2v) is 6.91. The number of halogens is 1. The number of carbonyl (C=O) groups is 1. The number of hydrogen-bond acceptors (Lipinski definition) is 3. The standard InChI is InChI=1S/C17H13BrO2S/c1-11-2-5-14(6-3-11)21-17(19)8-12-10-20-16-7-4-13(18)9-15(12)16/h2-7,9-10H,8H2,1H3. The molecular weight excluding hydrogens is 348 g/mol. The summed E-state index contributed by atoms with van der Waals surface area (Å²) in [6, 6.07) is 13.8. The zero-order chi connectivity index (χ0) is 14.8. The molecule has 1 aromatic heterocycles. The van der Waals surface area contributed by atoms with Crippen molar-refractivity contribution >= 4 is 43.8 Å². The average Bonchev–Trinajstić information content (AvgIpc) is 2.84. The third kappa shape index (κ3) is 3.39. The highest BCUT2D eigenvalue weighted by Crippen LogP contribution is 2.28. The Kier molecular flexibility index (Phi) is 4.17. The van der Waals surface area contributed by atoms with Crippen LogP contribution in [0.25, 0.3) is 11.0 Å². The lowest BCUT2D eigenvalue weighted by Gasteiger charge is -2.01. The molecule has 0 unspecified atom stereocenters. The van der Waals surface area contributed by atoms with Crippen molar-refractivity contribution in [3.8, 4) is 0 Å². The lowest BCUT2D eigenvalue weighted by molar-refractivity contribution is -0.110. The first kappa shape index (κ1) is 14.4. The van der Waals surface area contributed by atoms with E-state index in [4.69, 9.17) is 4.42 Å². The van der Waals surface area contributed by atoms with Gasteiger partial charge < -0.3 is 4.42 Å². The molecule has 0 radical (unpaired) electrons. The van der Waals surface area contributed by atoms with E-state index >= 15 is 0 Å². The monoisotopic (exact) mass is 360 g/mol. The third-order valence-electron chi connectivity index (χ3n) is 3.20. The number of hydrogen-bond donors (Lipinski definition) is 0. The van der Waals surface area contributed by atoms with Gasteiger partial charge in [-0.3, -0.25) is 4.79 Å². The predicted octanol–water partition coefficient (Wildman–Crippen LogP) is 5.37. The number of fused-ring (bicyclic) bond motifs is 1. The van der Waals surface area contributed by atoms with E-state index in [1.165, 1.54) is 17.3 Å². The second-order valence-electron chi connectivity index (χ2n) is 4.87. The van der Waals surface area contributed by atoms with Gasteiger partial charge in [0.2, 0.25) is 0 Å². The van der Waals surface area contributed by atoms with Gasteiger partial charge in [0.05, 0.1) is 6.26 Å². The summed E-state index contributed by atoms with van der Waals surface area (Å²) < 4.78 is 6.47. The molecule has 4 heteroatoms. The smallest absolute Gasteiger partial charge is 0.198 e. The number of aryl methyl sites for hydroxylation is 1. The average molecular weight is 361 g/mol. The summed E-state index contributed by atoms with van der Waals surface area (Å²) in [5.74, 6) is 0. The molecule has 0 spiro atoms. The molecule has 0 aliphatic rings. The van der Waals surface area contributed by atoms with Crippen LogP contribution in [-0.4, -0.2) is 5.12 Å². The van der Waals surface area contributed by atoms with Crippen molar-refractivity contribution in [2.45, 2.75) is 18.2 Å². The highest BCUT2D eigenvalue weighted by Gasteiger charge is 2.12. The molecule has 0 aliphatic heterocycles. The predicted molar refractivity (Wildman–Crippen MR) is 89.7 cm³/mol. The first-order chi connectivity index (χ1) is 10.1. The molecule has 21 heavy (non-hydrogen) atoms. The van der Waals surface area contributed by atoms with Gasteiger partial charge in [-0.1, -0.05) is 45.4 Å². The molecule has 0 aliphatic carbocycles. The number of benzene rings is 2. The van der Waals surface area contributed by atoms with Crippen LogP contribution in [0.5, 0.6) is 0 Å². The van der Waals surface area contributed by atoms with E-state index < -0.39 is 0 Å². The molecular formula is C17H13BrO2S. The normalized spacial score (nSPS) is 11.0. The van der Waals surface area contributed by atoms with Crippen molar-refractivity contribution in [3.05, 3.63) is 64.3 Å². The lowest BCUT2D eigenvalue weighted by atomic mass is 10.1. The minimum absolute atomic E-state index is 0.113. The van der Waals surface area contributed by atoms with Crippen LogP contribution in [0, 0.1) is 6.92 Å². The van der Waals surface area contributed by atoms with Gasteiger partial charge in [-0.05, 0) is 37.3 Å². The molecule has 2 nitrogen and oxygen atoms in total. The Morgan fingerprint density at radius 2 is 1.95 bits per heavy atom. The molecule has 0 saturated carbocycles. The van der Waals surface area contributed by atoms with Crippen LogP contribution in [0.1, 0.15) is 11.1 Å². The van der Waals surface area contributed by atoms with Gasteiger partial charge in [0.15, 0.2) is 5.12 Å². The highest BCUT2D eigenvalue weighted by molar-refractivity contribution is 9.10. The molecule has 3 rings (SSSR count). The lowest BCUT2D eigenvalue weighted by Crippen LogP contribution is -1.96. The Balaban J connectivity index is 1.77. The first-order valence-corrected chi connectivity index (χ1v) is 8.16. The molecule has 1 heterocycles. The zero-order valence-electron chi connectivity index (χ0n) is 11.4. The van der Waals surface area contributed by atoms with Crippen molar-refractivity contribution in [2.75, 3.05) is 0 Å². The molecule has 106 valence electrons. The van der Waals surface area contributed by atoms with Crippen molar-refractivity contribution in [3.63, 3.8) is 0 Å². The summed E-state index contributed by atoms with van der Waals surface area (Å²) in [5.41, 5.74) is 2.93. The molecule has 0 N–H and O–H groups in total. The Morgan fingerprint density at radius 3 is 2.71 bits per heavy atom. The van der Waals surface area contributed by atoms with Crippen LogP contribution in [-0.2, 0) is 11.2 Å². The van der Waals surface area contributed by atoms with Crippen LogP contribution >= 0.6 is 27.7 Å². The Labute approximate surface area is 135 Å². The summed E-state index contributed by atoms with van der Waals surface area (Å²) in [6.07, 6.45) is 2.03. The largest absolute Gasteiger partial charge is 0.464 e. The molecule has 0 saturated heterocycles. The Bertz CT molecular complexity index is 790. The van der Waals surface area contributed by atoms with E-state index in [0.29, 0.717) is 6.42 Å². The second kappa shape index (κ2) is 6.08. The van der Waals surface area contributed by atoms with Crippen molar-refractivity contribution in [1.29, 1.82) is 0 Å². The zero-order valence-corrected chi connectivity index (χ0v) is 13.8. The topological polar surface area (TPSA) is 30.2 Å². The molecule has 0 fully saturated rings. The van der Waals surface area contributed by atoms with Crippen LogP contribution < -0.4 is 0 Å². The molecule has 0 bridgehead atoms. The van der Waals surface area contributed by atoms with Gasteiger partial charge in [-0.15, -0.1) is 0 Å². The fourth-order valence-corrected chi connectivity index (χ4v) is 3.24. The summed E-state index contributed by atoms with van der Waals surface area (Å²) in [4.78, 5) is 13.2. The summed E-state index contributed by atoms with van der Waals surface area (Å²) in [6.45, 7) is 2.03. The number of carbonyl (C=O) groups excluding carboxylic acids is 1. The van der Waals surface area contributed by atoms with Crippen LogP contribution in [0.4, 0.5) is 0 Å². The van der Waals surface area contributed by atoms with E-state index in [1.54, 1.807) is 6.26 Å². The van der Waals surface area contributed by atoms with E-state index in [9.17, 15) is 4.79 Å². The summed E-state index contributed by atoms with van der Waals surface area (Å²) >= 11 is 4.72.